The van der Waals surface area contributed by atoms with Crippen molar-refractivity contribution >= 4 is 0 Å². The highest BCUT2D eigenvalue weighted by molar-refractivity contribution is 5.63. The molecular formula is C16H22N2O2. The summed E-state index contributed by atoms with van der Waals surface area (Å²) in [6.45, 7) is 6.90. The largest absolute Gasteiger partial charge is 0.496 e. The van der Waals surface area contributed by atoms with Crippen molar-refractivity contribution in [2.75, 3.05) is 13.7 Å². The molecule has 108 valence electrons. The number of ether oxygens (including phenoxy) is 1. The van der Waals surface area contributed by atoms with E-state index in [1.54, 1.807) is 13.4 Å². The second kappa shape index (κ2) is 6.09. The van der Waals surface area contributed by atoms with Gasteiger partial charge in [0, 0.05) is 12.0 Å². The van der Waals surface area contributed by atoms with Gasteiger partial charge in [0.25, 0.3) is 0 Å². The summed E-state index contributed by atoms with van der Waals surface area (Å²) in [5, 5.41) is 0. The summed E-state index contributed by atoms with van der Waals surface area (Å²) >= 11 is 0. The fourth-order valence-electron chi connectivity index (χ4n) is 2.25. The maximum atomic E-state index is 5.58. The van der Waals surface area contributed by atoms with Gasteiger partial charge in [-0.2, -0.15) is 0 Å². The van der Waals surface area contributed by atoms with Crippen LogP contribution in [0, 0.1) is 6.92 Å². The van der Waals surface area contributed by atoms with Gasteiger partial charge in [-0.1, -0.05) is 13.8 Å². The number of oxazole rings is 1. The van der Waals surface area contributed by atoms with Crippen LogP contribution in [0.5, 0.6) is 5.75 Å². The lowest BCUT2D eigenvalue weighted by molar-refractivity contribution is 0.407. The number of aryl methyl sites for hydroxylation is 1. The highest BCUT2D eigenvalue weighted by atomic mass is 16.5. The van der Waals surface area contributed by atoms with Gasteiger partial charge in [-0.25, -0.2) is 4.98 Å². The first-order chi connectivity index (χ1) is 9.56. The quantitative estimate of drug-likeness (QED) is 0.909. The van der Waals surface area contributed by atoms with Crippen LogP contribution in [0.15, 0.2) is 22.8 Å². The third-order valence-corrected chi connectivity index (χ3v) is 3.38. The van der Waals surface area contributed by atoms with Crippen molar-refractivity contribution in [2.24, 2.45) is 5.73 Å². The minimum absolute atomic E-state index is 0.378. The van der Waals surface area contributed by atoms with Crippen molar-refractivity contribution in [3.8, 4) is 17.2 Å². The molecule has 0 atom stereocenters. The average molecular weight is 274 g/mol. The second-order valence-electron chi connectivity index (χ2n) is 5.25. The van der Waals surface area contributed by atoms with E-state index in [0.717, 1.165) is 34.6 Å². The Hall–Kier alpha value is -1.81. The highest BCUT2D eigenvalue weighted by Crippen LogP contribution is 2.34. The maximum Gasteiger partial charge on any atom is 0.226 e. The molecular weight excluding hydrogens is 252 g/mol. The molecule has 2 aromatic rings. The van der Waals surface area contributed by atoms with E-state index in [1.807, 2.05) is 13.0 Å². The van der Waals surface area contributed by atoms with E-state index in [9.17, 15) is 0 Å². The summed E-state index contributed by atoms with van der Waals surface area (Å²) < 4.78 is 11.0. The Morgan fingerprint density at radius 1 is 1.35 bits per heavy atom. The minimum Gasteiger partial charge on any atom is -0.496 e. The number of hydrogen-bond donors (Lipinski definition) is 1. The molecule has 0 amide bonds. The Balaban J connectivity index is 2.47. The van der Waals surface area contributed by atoms with E-state index in [2.05, 4.69) is 24.9 Å². The molecule has 0 radical (unpaired) electrons. The molecule has 2 rings (SSSR count). The Morgan fingerprint density at radius 3 is 2.70 bits per heavy atom. The van der Waals surface area contributed by atoms with Gasteiger partial charge in [0.2, 0.25) is 5.89 Å². The molecule has 0 saturated carbocycles. The topological polar surface area (TPSA) is 61.3 Å². The van der Waals surface area contributed by atoms with Gasteiger partial charge in [-0.3, -0.25) is 0 Å². The van der Waals surface area contributed by atoms with Crippen LogP contribution in [-0.4, -0.2) is 18.6 Å². The lowest BCUT2D eigenvalue weighted by Crippen LogP contribution is -2.02. The third-order valence-electron chi connectivity index (χ3n) is 3.38. The maximum absolute atomic E-state index is 5.58. The first kappa shape index (κ1) is 14.6. The monoisotopic (exact) mass is 274 g/mol. The zero-order valence-corrected chi connectivity index (χ0v) is 12.6. The van der Waals surface area contributed by atoms with E-state index in [0.29, 0.717) is 18.4 Å². The lowest BCUT2D eigenvalue weighted by atomic mass is 9.96. The molecule has 1 aromatic carbocycles. The number of nitrogens with zero attached hydrogens (tertiary/aromatic N) is 1. The van der Waals surface area contributed by atoms with Crippen molar-refractivity contribution in [3.05, 3.63) is 35.2 Å². The molecule has 1 aromatic heterocycles. The zero-order chi connectivity index (χ0) is 14.7. The van der Waals surface area contributed by atoms with Crippen molar-refractivity contribution in [1.82, 2.24) is 4.98 Å². The molecule has 0 bridgehead atoms. The Morgan fingerprint density at radius 2 is 2.10 bits per heavy atom. The first-order valence-corrected chi connectivity index (χ1v) is 6.90. The van der Waals surface area contributed by atoms with E-state index in [4.69, 9.17) is 14.9 Å². The van der Waals surface area contributed by atoms with E-state index >= 15 is 0 Å². The van der Waals surface area contributed by atoms with Crippen molar-refractivity contribution in [1.29, 1.82) is 0 Å². The van der Waals surface area contributed by atoms with Crippen LogP contribution < -0.4 is 10.5 Å². The molecule has 0 aliphatic heterocycles. The Bertz CT molecular complexity index is 588. The Kier molecular flexibility index (Phi) is 4.45. The number of nitrogens with two attached hydrogens (primary N) is 1. The second-order valence-corrected chi connectivity index (χ2v) is 5.25. The summed E-state index contributed by atoms with van der Waals surface area (Å²) in [6.07, 6.45) is 2.41. The van der Waals surface area contributed by atoms with Crippen LogP contribution in [0.3, 0.4) is 0 Å². The van der Waals surface area contributed by atoms with Crippen LogP contribution in [0.1, 0.15) is 36.6 Å². The molecule has 0 spiro atoms. The summed E-state index contributed by atoms with van der Waals surface area (Å²) in [5.74, 6) is 1.94. The molecule has 1 heterocycles. The minimum atomic E-state index is 0.378. The van der Waals surface area contributed by atoms with Crippen molar-refractivity contribution in [2.45, 2.75) is 33.1 Å². The normalized spacial score (nSPS) is 11.1. The molecule has 4 heteroatoms. The molecule has 0 aliphatic carbocycles. The predicted molar refractivity (Wildman–Crippen MR) is 80.1 cm³/mol. The summed E-state index contributed by atoms with van der Waals surface area (Å²) in [6, 6.07) is 4.15. The molecule has 0 fully saturated rings. The molecule has 2 N–H and O–H groups in total. The standard InChI is InChI=1S/C16H22N2O2/c1-10(2)13-8-14(11(3)7-15(13)19-4)16-18-12(5-6-17)9-20-16/h7-10H,5-6,17H2,1-4H3. The van der Waals surface area contributed by atoms with Gasteiger partial charge >= 0.3 is 0 Å². The average Bonchev–Trinajstić information content (AvgIpc) is 2.86. The number of rotatable bonds is 5. The summed E-state index contributed by atoms with van der Waals surface area (Å²) in [7, 11) is 1.70. The van der Waals surface area contributed by atoms with Gasteiger partial charge in [0.05, 0.1) is 12.8 Å². The van der Waals surface area contributed by atoms with Gasteiger partial charge in [-0.15, -0.1) is 0 Å². The first-order valence-electron chi connectivity index (χ1n) is 6.90. The van der Waals surface area contributed by atoms with Gasteiger partial charge in [-0.05, 0) is 42.6 Å². The molecule has 0 saturated heterocycles. The summed E-state index contributed by atoms with van der Waals surface area (Å²) in [5.41, 5.74) is 9.70. The fourth-order valence-corrected chi connectivity index (χ4v) is 2.25. The molecule has 0 aliphatic rings. The van der Waals surface area contributed by atoms with Crippen molar-refractivity contribution < 1.29 is 9.15 Å². The smallest absolute Gasteiger partial charge is 0.226 e. The lowest BCUT2D eigenvalue weighted by Gasteiger charge is -2.14. The van der Waals surface area contributed by atoms with Crippen LogP contribution >= 0.6 is 0 Å². The number of hydrogen-bond acceptors (Lipinski definition) is 4. The molecule has 0 unspecified atom stereocenters. The highest BCUT2D eigenvalue weighted by Gasteiger charge is 2.15. The predicted octanol–water partition coefficient (Wildman–Crippen LogP) is 3.28. The van der Waals surface area contributed by atoms with Crippen molar-refractivity contribution in [3.63, 3.8) is 0 Å². The number of methoxy groups -OCH3 is 1. The summed E-state index contributed by atoms with van der Waals surface area (Å²) in [4.78, 5) is 4.50. The van der Waals surface area contributed by atoms with Gasteiger partial charge in [0.1, 0.15) is 12.0 Å². The molecule has 4 nitrogen and oxygen atoms in total. The number of benzene rings is 1. The van der Waals surface area contributed by atoms with E-state index < -0.39 is 0 Å². The van der Waals surface area contributed by atoms with Gasteiger partial charge < -0.3 is 14.9 Å². The zero-order valence-electron chi connectivity index (χ0n) is 12.6. The van der Waals surface area contributed by atoms with E-state index in [-0.39, 0.29) is 0 Å². The number of aromatic nitrogens is 1. The van der Waals surface area contributed by atoms with E-state index in [1.165, 1.54) is 0 Å². The SMILES string of the molecule is COc1cc(C)c(-c2nc(CCN)co2)cc1C(C)C. The van der Waals surface area contributed by atoms with Crippen LogP contribution in [0.2, 0.25) is 0 Å². The van der Waals surface area contributed by atoms with Gasteiger partial charge in [0.15, 0.2) is 0 Å². The van der Waals surface area contributed by atoms with Crippen LogP contribution in [-0.2, 0) is 6.42 Å². The fraction of sp³-hybridized carbons (Fsp3) is 0.438. The van der Waals surface area contributed by atoms with Crippen LogP contribution in [0.25, 0.3) is 11.5 Å². The van der Waals surface area contributed by atoms with Crippen LogP contribution in [0.4, 0.5) is 0 Å². The Labute approximate surface area is 120 Å². The third kappa shape index (κ3) is 2.85. The molecule has 20 heavy (non-hydrogen) atoms.